The zero-order valence-electron chi connectivity index (χ0n) is 17.2. The van der Waals surface area contributed by atoms with Crippen molar-refractivity contribution in [3.8, 4) is 0 Å². The van der Waals surface area contributed by atoms with Crippen LogP contribution in [-0.2, 0) is 9.53 Å². The monoisotopic (exact) mass is 443 g/mol. The van der Waals surface area contributed by atoms with Gasteiger partial charge in [-0.05, 0) is 12.0 Å². The Hall–Kier alpha value is -1.12. The molecule has 2 fully saturated rings. The van der Waals surface area contributed by atoms with Crippen LogP contribution in [0, 0.1) is 5.92 Å². The van der Waals surface area contributed by atoms with Crippen LogP contribution in [0.4, 0.5) is 5.82 Å². The fraction of sp³-hybridized carbons (Fsp3) is 0.700. The number of halogens is 2. The van der Waals surface area contributed by atoms with Crippen LogP contribution in [0.15, 0.2) is 12.3 Å². The Bertz CT molecular complexity index is 683. The Morgan fingerprint density at radius 2 is 2.00 bits per heavy atom. The van der Waals surface area contributed by atoms with Gasteiger partial charge in [0.2, 0.25) is 5.91 Å². The van der Waals surface area contributed by atoms with Crippen LogP contribution in [-0.4, -0.2) is 92.3 Å². The van der Waals surface area contributed by atoms with E-state index in [-0.39, 0.29) is 12.0 Å². The van der Waals surface area contributed by atoms with E-state index < -0.39 is 0 Å². The lowest BCUT2D eigenvalue weighted by Crippen LogP contribution is -2.52. The van der Waals surface area contributed by atoms with E-state index in [4.69, 9.17) is 27.9 Å². The van der Waals surface area contributed by atoms with Gasteiger partial charge in [-0.3, -0.25) is 14.6 Å². The van der Waals surface area contributed by atoms with Gasteiger partial charge < -0.3 is 15.0 Å². The Balaban J connectivity index is 1.37. The van der Waals surface area contributed by atoms with Gasteiger partial charge in [-0.1, -0.05) is 37.0 Å². The second kappa shape index (κ2) is 10.8. The highest BCUT2D eigenvalue weighted by Crippen LogP contribution is 2.26. The molecular weight excluding hydrogens is 413 g/mol. The first-order valence-corrected chi connectivity index (χ1v) is 11.1. The van der Waals surface area contributed by atoms with Crippen molar-refractivity contribution in [3.63, 3.8) is 0 Å². The molecule has 2 aliphatic rings. The third kappa shape index (κ3) is 6.96. The van der Waals surface area contributed by atoms with Crippen molar-refractivity contribution in [3.05, 3.63) is 22.3 Å². The summed E-state index contributed by atoms with van der Waals surface area (Å²) in [6.07, 6.45) is 1.68. The molecule has 0 saturated carbocycles. The fourth-order valence-corrected chi connectivity index (χ4v) is 4.33. The Labute approximate surface area is 183 Å². The second-order valence-corrected chi connectivity index (χ2v) is 9.02. The molecule has 2 saturated heterocycles. The van der Waals surface area contributed by atoms with E-state index in [0.717, 1.165) is 58.2 Å². The normalized spacial score (nSPS) is 21.6. The molecule has 1 aromatic heterocycles. The first kappa shape index (κ1) is 22.6. The molecular formula is C20H31Cl2N5O2. The number of amides is 1. The van der Waals surface area contributed by atoms with Gasteiger partial charge in [-0.15, -0.1) is 0 Å². The zero-order chi connectivity index (χ0) is 20.8. The molecule has 29 heavy (non-hydrogen) atoms. The molecule has 1 unspecified atom stereocenters. The van der Waals surface area contributed by atoms with Gasteiger partial charge in [0.25, 0.3) is 0 Å². The lowest BCUT2D eigenvalue weighted by Gasteiger charge is -2.36. The number of nitrogens with zero attached hydrogens (tertiary/aromatic N) is 4. The smallest absolute Gasteiger partial charge is 0.234 e. The molecule has 162 valence electrons. The van der Waals surface area contributed by atoms with Crippen LogP contribution in [0.1, 0.15) is 13.8 Å². The van der Waals surface area contributed by atoms with E-state index in [9.17, 15) is 4.79 Å². The number of carbonyl (C=O) groups is 1. The molecule has 1 aromatic rings. The van der Waals surface area contributed by atoms with Gasteiger partial charge in [0.05, 0.1) is 29.3 Å². The number of pyridine rings is 1. The molecule has 0 spiro atoms. The summed E-state index contributed by atoms with van der Waals surface area (Å²) in [4.78, 5) is 23.4. The lowest BCUT2D eigenvalue weighted by atomic mass is 10.2. The van der Waals surface area contributed by atoms with Crippen molar-refractivity contribution in [2.24, 2.45) is 5.92 Å². The summed E-state index contributed by atoms with van der Waals surface area (Å²) in [6, 6.07) is 1.71. The minimum atomic E-state index is 0.0469. The first-order valence-electron chi connectivity index (χ1n) is 10.3. The van der Waals surface area contributed by atoms with Gasteiger partial charge >= 0.3 is 0 Å². The van der Waals surface area contributed by atoms with Crippen LogP contribution in [0.5, 0.6) is 0 Å². The Morgan fingerprint density at radius 3 is 2.69 bits per heavy atom. The summed E-state index contributed by atoms with van der Waals surface area (Å²) in [5.41, 5.74) is 0. The molecule has 1 atom stereocenters. The standard InChI is InChI=1S/C20H31Cl2N5O2/c1-15(2)12-26-7-8-29-17(13-26)11-23-19(28)14-25-3-5-27(6-4-25)20-18(22)9-16(21)10-24-20/h9-10,15,17H,3-8,11-14H2,1-2H3,(H,23,28). The summed E-state index contributed by atoms with van der Waals surface area (Å²) in [5, 5.41) is 4.13. The predicted molar refractivity (Wildman–Crippen MR) is 117 cm³/mol. The van der Waals surface area contributed by atoms with Gasteiger partial charge in [-0.25, -0.2) is 4.98 Å². The van der Waals surface area contributed by atoms with Gasteiger partial charge in [-0.2, -0.15) is 0 Å². The molecule has 7 nitrogen and oxygen atoms in total. The maximum Gasteiger partial charge on any atom is 0.234 e. The van der Waals surface area contributed by atoms with Crippen molar-refractivity contribution >= 4 is 34.9 Å². The van der Waals surface area contributed by atoms with Crippen molar-refractivity contribution in [1.29, 1.82) is 0 Å². The minimum absolute atomic E-state index is 0.0469. The Kier molecular flexibility index (Phi) is 8.38. The highest BCUT2D eigenvalue weighted by molar-refractivity contribution is 6.36. The largest absolute Gasteiger partial charge is 0.374 e. The average molecular weight is 444 g/mol. The van der Waals surface area contributed by atoms with Gasteiger partial charge in [0.15, 0.2) is 0 Å². The van der Waals surface area contributed by atoms with Crippen LogP contribution < -0.4 is 10.2 Å². The summed E-state index contributed by atoms with van der Waals surface area (Å²) < 4.78 is 5.81. The van der Waals surface area contributed by atoms with E-state index >= 15 is 0 Å². The van der Waals surface area contributed by atoms with E-state index in [1.807, 2.05) is 0 Å². The molecule has 1 amide bonds. The molecule has 2 aliphatic heterocycles. The minimum Gasteiger partial charge on any atom is -0.374 e. The summed E-state index contributed by atoms with van der Waals surface area (Å²) in [5.74, 6) is 1.44. The molecule has 3 heterocycles. The number of piperazine rings is 1. The molecule has 0 bridgehead atoms. The molecule has 1 N–H and O–H groups in total. The lowest BCUT2D eigenvalue weighted by molar-refractivity contribution is -0.123. The highest BCUT2D eigenvalue weighted by Gasteiger charge is 2.24. The number of morpholine rings is 1. The van der Waals surface area contributed by atoms with Crippen LogP contribution in [0.2, 0.25) is 10.0 Å². The third-order valence-electron chi connectivity index (χ3n) is 5.20. The number of carbonyl (C=O) groups excluding carboxylic acids is 1. The topological polar surface area (TPSA) is 60.9 Å². The van der Waals surface area contributed by atoms with Crippen molar-refractivity contribution in [2.75, 3.05) is 70.4 Å². The number of aromatic nitrogens is 1. The van der Waals surface area contributed by atoms with Crippen molar-refractivity contribution < 1.29 is 9.53 Å². The van der Waals surface area contributed by atoms with Gasteiger partial charge in [0.1, 0.15) is 5.82 Å². The number of hydrogen-bond donors (Lipinski definition) is 1. The van der Waals surface area contributed by atoms with E-state index in [1.54, 1.807) is 12.3 Å². The maximum atomic E-state index is 12.4. The third-order valence-corrected chi connectivity index (χ3v) is 5.69. The quantitative estimate of drug-likeness (QED) is 0.694. The molecule has 3 rings (SSSR count). The fourth-order valence-electron chi connectivity index (χ4n) is 3.83. The van der Waals surface area contributed by atoms with Gasteiger partial charge in [0, 0.05) is 58.6 Å². The molecule has 9 heteroatoms. The molecule has 0 radical (unpaired) electrons. The summed E-state index contributed by atoms with van der Waals surface area (Å²) >= 11 is 12.2. The first-order chi connectivity index (χ1) is 13.9. The van der Waals surface area contributed by atoms with E-state index in [0.29, 0.717) is 29.1 Å². The van der Waals surface area contributed by atoms with Crippen molar-refractivity contribution in [2.45, 2.75) is 20.0 Å². The maximum absolute atomic E-state index is 12.4. The van der Waals surface area contributed by atoms with Crippen LogP contribution >= 0.6 is 23.2 Å². The number of rotatable bonds is 7. The van der Waals surface area contributed by atoms with Crippen molar-refractivity contribution in [1.82, 2.24) is 20.1 Å². The number of nitrogens with one attached hydrogen (secondary N) is 1. The second-order valence-electron chi connectivity index (χ2n) is 8.17. The zero-order valence-corrected chi connectivity index (χ0v) is 18.8. The summed E-state index contributed by atoms with van der Waals surface area (Å²) in [7, 11) is 0. The number of anilines is 1. The Morgan fingerprint density at radius 1 is 1.24 bits per heavy atom. The number of hydrogen-bond acceptors (Lipinski definition) is 6. The molecule has 0 aromatic carbocycles. The van der Waals surface area contributed by atoms with E-state index in [2.05, 4.69) is 38.8 Å². The molecule has 0 aliphatic carbocycles. The average Bonchev–Trinajstić information content (AvgIpc) is 2.67. The summed E-state index contributed by atoms with van der Waals surface area (Å²) in [6.45, 7) is 12.2. The number of ether oxygens (including phenoxy) is 1. The SMILES string of the molecule is CC(C)CN1CCOC(CNC(=O)CN2CCN(c3ncc(Cl)cc3Cl)CC2)C1. The predicted octanol–water partition coefficient (Wildman–Crippen LogP) is 1.98. The van der Waals surface area contributed by atoms with Crippen LogP contribution in [0.25, 0.3) is 0 Å². The van der Waals surface area contributed by atoms with E-state index in [1.165, 1.54) is 0 Å². The highest BCUT2D eigenvalue weighted by atomic mass is 35.5. The van der Waals surface area contributed by atoms with Crippen LogP contribution in [0.3, 0.4) is 0 Å².